The molecule has 2 rings (SSSR count). The molecule has 0 bridgehead atoms. The number of carbonyl (C=O) groups excluding carboxylic acids is 1. The molecule has 1 aliphatic heterocycles. The molecule has 0 radical (unpaired) electrons. The van der Waals surface area contributed by atoms with E-state index < -0.39 is 0 Å². The summed E-state index contributed by atoms with van der Waals surface area (Å²) < 4.78 is 1.75. The highest BCUT2D eigenvalue weighted by atomic mass is 16.1. The zero-order valence-corrected chi connectivity index (χ0v) is 11.9. The summed E-state index contributed by atoms with van der Waals surface area (Å²) >= 11 is 0. The van der Waals surface area contributed by atoms with E-state index in [1.54, 1.807) is 10.9 Å². The van der Waals surface area contributed by atoms with E-state index in [1.165, 1.54) is 25.9 Å². The van der Waals surface area contributed by atoms with Crippen molar-refractivity contribution in [2.75, 3.05) is 13.1 Å². The first kappa shape index (κ1) is 14.1. The first-order valence-electron chi connectivity index (χ1n) is 7.13. The van der Waals surface area contributed by atoms with Gasteiger partial charge in [-0.2, -0.15) is 5.10 Å². The van der Waals surface area contributed by atoms with E-state index >= 15 is 0 Å². The molecule has 1 N–H and O–H groups in total. The van der Waals surface area contributed by atoms with Crippen LogP contribution < -0.4 is 5.32 Å². The Hall–Kier alpha value is -1.36. The Bertz CT molecular complexity index is 409. The van der Waals surface area contributed by atoms with Crippen LogP contribution in [0.25, 0.3) is 0 Å². The summed E-state index contributed by atoms with van der Waals surface area (Å²) in [5.41, 5.74) is 1.04. The number of hydrogen-bond donors (Lipinski definition) is 1. The van der Waals surface area contributed by atoms with Gasteiger partial charge >= 0.3 is 0 Å². The lowest BCUT2D eigenvalue weighted by Crippen LogP contribution is -2.32. The lowest BCUT2D eigenvalue weighted by molar-refractivity contribution is -0.121. The highest BCUT2D eigenvalue weighted by Gasteiger charge is 2.18. The van der Waals surface area contributed by atoms with E-state index in [9.17, 15) is 4.79 Å². The van der Waals surface area contributed by atoms with Crippen molar-refractivity contribution in [3.05, 3.63) is 18.0 Å². The number of aryl methyl sites for hydroxylation is 1. The number of rotatable bonds is 6. The monoisotopic (exact) mass is 264 g/mol. The molecular weight excluding hydrogens is 240 g/mol. The predicted molar refractivity (Wildman–Crippen MR) is 74.6 cm³/mol. The van der Waals surface area contributed by atoms with Gasteiger partial charge in [0.1, 0.15) is 0 Å². The molecule has 1 unspecified atom stereocenters. The van der Waals surface area contributed by atoms with E-state index in [2.05, 4.69) is 22.2 Å². The van der Waals surface area contributed by atoms with Crippen molar-refractivity contribution < 1.29 is 4.79 Å². The smallest absolute Gasteiger partial charge is 0.220 e. The molecule has 1 fully saturated rings. The molecule has 1 saturated heterocycles. The number of aromatic nitrogens is 2. The summed E-state index contributed by atoms with van der Waals surface area (Å²) in [5.74, 6) is 0.134. The highest BCUT2D eigenvalue weighted by molar-refractivity contribution is 5.75. The second-order valence-electron chi connectivity index (χ2n) is 5.43. The lowest BCUT2D eigenvalue weighted by atomic mass is 10.1. The Labute approximate surface area is 115 Å². The molecule has 1 atom stereocenters. The average molecular weight is 264 g/mol. The van der Waals surface area contributed by atoms with E-state index in [1.807, 2.05) is 13.2 Å². The molecule has 1 amide bonds. The zero-order chi connectivity index (χ0) is 13.7. The molecule has 0 aromatic carbocycles. The van der Waals surface area contributed by atoms with Crippen molar-refractivity contribution in [1.82, 2.24) is 20.0 Å². The maximum atomic E-state index is 11.8. The van der Waals surface area contributed by atoms with Crippen LogP contribution in [0, 0.1) is 0 Å². The second-order valence-corrected chi connectivity index (χ2v) is 5.43. The fraction of sp³-hybridized carbons (Fsp3) is 0.714. The number of nitrogens with one attached hydrogen (secondary N) is 1. The van der Waals surface area contributed by atoms with Gasteiger partial charge in [-0.25, -0.2) is 0 Å². The summed E-state index contributed by atoms with van der Waals surface area (Å²) in [4.78, 5) is 14.3. The molecule has 5 nitrogen and oxygen atoms in total. The van der Waals surface area contributed by atoms with Crippen LogP contribution in [0.2, 0.25) is 0 Å². The topological polar surface area (TPSA) is 50.2 Å². The minimum absolute atomic E-state index is 0.134. The van der Waals surface area contributed by atoms with E-state index in [-0.39, 0.29) is 5.91 Å². The zero-order valence-electron chi connectivity index (χ0n) is 11.9. The van der Waals surface area contributed by atoms with Crippen molar-refractivity contribution in [3.63, 3.8) is 0 Å². The summed E-state index contributed by atoms with van der Waals surface area (Å²) in [6.45, 7) is 5.18. The fourth-order valence-electron chi connectivity index (χ4n) is 2.56. The third kappa shape index (κ3) is 4.35. The summed E-state index contributed by atoms with van der Waals surface area (Å²) in [6.07, 6.45) is 7.87. The molecule has 2 heterocycles. The molecule has 0 saturated carbocycles. The first-order valence-corrected chi connectivity index (χ1v) is 7.13. The van der Waals surface area contributed by atoms with Gasteiger partial charge in [0, 0.05) is 37.8 Å². The third-order valence-electron chi connectivity index (χ3n) is 3.80. The summed E-state index contributed by atoms with van der Waals surface area (Å²) in [5, 5.41) is 7.03. The van der Waals surface area contributed by atoms with Crippen molar-refractivity contribution in [1.29, 1.82) is 0 Å². The Kier molecular flexibility index (Phi) is 4.96. The molecule has 5 heteroatoms. The predicted octanol–water partition coefficient (Wildman–Crippen LogP) is 1.30. The van der Waals surface area contributed by atoms with Gasteiger partial charge in [-0.15, -0.1) is 0 Å². The molecule has 0 aliphatic carbocycles. The van der Waals surface area contributed by atoms with E-state index in [0.717, 1.165) is 12.0 Å². The summed E-state index contributed by atoms with van der Waals surface area (Å²) in [6, 6.07) is 0.520. The van der Waals surface area contributed by atoms with Gasteiger partial charge in [0.05, 0.1) is 6.20 Å². The minimum atomic E-state index is 0.134. The van der Waals surface area contributed by atoms with Gasteiger partial charge in [-0.3, -0.25) is 9.48 Å². The number of nitrogens with zero attached hydrogens (tertiary/aromatic N) is 3. The van der Waals surface area contributed by atoms with Crippen LogP contribution in [0.5, 0.6) is 0 Å². The molecular formula is C14H24N4O. The van der Waals surface area contributed by atoms with Crippen molar-refractivity contribution in [2.24, 2.45) is 7.05 Å². The van der Waals surface area contributed by atoms with Crippen LogP contribution in [-0.4, -0.2) is 39.7 Å². The molecule has 19 heavy (non-hydrogen) atoms. The summed E-state index contributed by atoms with van der Waals surface area (Å²) in [7, 11) is 1.88. The van der Waals surface area contributed by atoms with Gasteiger partial charge in [-0.05, 0) is 39.3 Å². The second kappa shape index (κ2) is 6.70. The molecule has 106 valence electrons. The van der Waals surface area contributed by atoms with Gasteiger partial charge < -0.3 is 10.2 Å². The number of hydrogen-bond acceptors (Lipinski definition) is 3. The van der Waals surface area contributed by atoms with Crippen LogP contribution in [0.3, 0.4) is 0 Å². The van der Waals surface area contributed by atoms with Gasteiger partial charge in [0.25, 0.3) is 0 Å². The molecule has 0 spiro atoms. The van der Waals surface area contributed by atoms with Crippen molar-refractivity contribution in [3.8, 4) is 0 Å². The average Bonchev–Trinajstić information content (AvgIpc) is 3.04. The lowest BCUT2D eigenvalue weighted by Gasteiger charge is -2.23. The number of amides is 1. The molecule has 1 aromatic rings. The maximum absolute atomic E-state index is 11.8. The van der Waals surface area contributed by atoms with Crippen LogP contribution in [-0.2, 0) is 18.4 Å². The first-order chi connectivity index (χ1) is 9.15. The van der Waals surface area contributed by atoms with E-state index in [4.69, 9.17) is 0 Å². The van der Waals surface area contributed by atoms with Gasteiger partial charge in [0.2, 0.25) is 5.91 Å². The maximum Gasteiger partial charge on any atom is 0.220 e. The quantitative estimate of drug-likeness (QED) is 0.842. The highest BCUT2D eigenvalue weighted by Crippen LogP contribution is 2.14. The van der Waals surface area contributed by atoms with Crippen LogP contribution in [0.1, 0.15) is 38.2 Å². The SMILES string of the molecule is CC(CCC(=O)NCc1cnn(C)c1)N1CCCC1. The third-order valence-corrected chi connectivity index (χ3v) is 3.80. The van der Waals surface area contributed by atoms with Crippen LogP contribution in [0.15, 0.2) is 12.4 Å². The molecule has 1 aromatic heterocycles. The number of likely N-dealkylation sites (tertiary alicyclic amines) is 1. The largest absolute Gasteiger partial charge is 0.352 e. The minimum Gasteiger partial charge on any atom is -0.352 e. The van der Waals surface area contributed by atoms with Crippen LogP contribution >= 0.6 is 0 Å². The van der Waals surface area contributed by atoms with Gasteiger partial charge in [-0.1, -0.05) is 0 Å². The molecule has 1 aliphatic rings. The van der Waals surface area contributed by atoms with Crippen molar-refractivity contribution in [2.45, 2.75) is 45.2 Å². The standard InChI is InChI=1S/C14H24N4O/c1-12(18-7-3-4-8-18)5-6-14(19)15-9-13-10-16-17(2)11-13/h10-12H,3-9H2,1-2H3,(H,15,19). The Morgan fingerprint density at radius 1 is 1.47 bits per heavy atom. The Morgan fingerprint density at radius 2 is 2.21 bits per heavy atom. The van der Waals surface area contributed by atoms with Crippen molar-refractivity contribution >= 4 is 5.91 Å². The van der Waals surface area contributed by atoms with Gasteiger partial charge in [0.15, 0.2) is 0 Å². The fourth-order valence-corrected chi connectivity index (χ4v) is 2.56. The Morgan fingerprint density at radius 3 is 2.84 bits per heavy atom. The van der Waals surface area contributed by atoms with E-state index in [0.29, 0.717) is 19.0 Å². The van der Waals surface area contributed by atoms with Crippen LogP contribution in [0.4, 0.5) is 0 Å². The normalized spacial score (nSPS) is 17.6. The Balaban J connectivity index is 1.64. The number of carbonyl (C=O) groups is 1.